The average molecular weight is 254 g/mol. The van der Waals surface area contributed by atoms with Crippen molar-refractivity contribution in [1.82, 2.24) is 5.32 Å². The first-order chi connectivity index (χ1) is 7.79. The summed E-state index contributed by atoms with van der Waals surface area (Å²) in [7, 11) is 0. The van der Waals surface area contributed by atoms with Crippen LogP contribution in [-0.4, -0.2) is 19.2 Å². The zero-order valence-corrected chi connectivity index (χ0v) is 11.3. The van der Waals surface area contributed by atoms with Crippen LogP contribution in [-0.2, 0) is 17.8 Å². The Morgan fingerprint density at radius 3 is 2.94 bits per heavy atom. The molecule has 3 heteroatoms. The van der Waals surface area contributed by atoms with Crippen LogP contribution in [0.25, 0.3) is 0 Å². The summed E-state index contributed by atoms with van der Waals surface area (Å²) in [5.74, 6) is 0.578. The second-order valence-corrected chi connectivity index (χ2v) is 4.95. The summed E-state index contributed by atoms with van der Waals surface area (Å²) in [5.41, 5.74) is 5.84. The third kappa shape index (κ3) is 2.10. The van der Waals surface area contributed by atoms with Gasteiger partial charge in [-0.25, -0.2) is 0 Å². The first-order valence-corrected chi connectivity index (χ1v) is 6.24. The molecule has 2 unspecified atom stereocenters. The molecule has 2 heterocycles. The highest BCUT2D eigenvalue weighted by Crippen LogP contribution is 2.35. The molecule has 1 fully saturated rings. The van der Waals surface area contributed by atoms with Gasteiger partial charge in [0.05, 0.1) is 12.7 Å². The minimum absolute atomic E-state index is 0. The maximum Gasteiger partial charge on any atom is 0.0784 e. The smallest absolute Gasteiger partial charge is 0.0784 e. The fraction of sp³-hybridized carbons (Fsp3) is 0.571. The first kappa shape index (κ1) is 12.9. The van der Waals surface area contributed by atoms with Crippen molar-refractivity contribution in [2.75, 3.05) is 13.1 Å². The maximum atomic E-state index is 5.92. The van der Waals surface area contributed by atoms with Gasteiger partial charge in [-0.2, -0.15) is 0 Å². The second-order valence-electron chi connectivity index (χ2n) is 4.95. The van der Waals surface area contributed by atoms with Crippen molar-refractivity contribution in [2.45, 2.75) is 38.9 Å². The highest BCUT2D eigenvalue weighted by atomic mass is 35.5. The molecule has 3 rings (SSSR count). The Balaban J connectivity index is 0.00000108. The molecule has 2 aliphatic rings. The monoisotopic (exact) mass is 253 g/mol. The zero-order chi connectivity index (χ0) is 11.1. The van der Waals surface area contributed by atoms with E-state index in [1.807, 2.05) is 0 Å². The summed E-state index contributed by atoms with van der Waals surface area (Å²) in [4.78, 5) is 0. The zero-order valence-electron chi connectivity index (χ0n) is 10.5. The second kappa shape index (κ2) is 4.97. The van der Waals surface area contributed by atoms with Crippen LogP contribution in [0.15, 0.2) is 12.1 Å². The van der Waals surface area contributed by atoms with E-state index in [9.17, 15) is 0 Å². The molecule has 94 valence electrons. The van der Waals surface area contributed by atoms with Gasteiger partial charge < -0.3 is 10.1 Å². The van der Waals surface area contributed by atoms with Crippen molar-refractivity contribution in [3.05, 3.63) is 34.4 Å². The van der Waals surface area contributed by atoms with Crippen LogP contribution in [0.3, 0.4) is 0 Å². The lowest BCUT2D eigenvalue weighted by atomic mass is 9.85. The van der Waals surface area contributed by atoms with Crippen LogP contribution in [0, 0.1) is 6.92 Å². The van der Waals surface area contributed by atoms with Crippen molar-refractivity contribution in [2.24, 2.45) is 0 Å². The molecule has 1 saturated heterocycles. The molecule has 2 aliphatic heterocycles. The molecule has 0 saturated carbocycles. The van der Waals surface area contributed by atoms with E-state index in [1.54, 1.807) is 0 Å². The highest BCUT2D eigenvalue weighted by molar-refractivity contribution is 5.85. The van der Waals surface area contributed by atoms with Crippen LogP contribution in [0.1, 0.15) is 35.1 Å². The largest absolute Gasteiger partial charge is 0.372 e. The number of aryl methyl sites for hydroxylation is 2. The lowest BCUT2D eigenvalue weighted by molar-refractivity contribution is 0.0295. The van der Waals surface area contributed by atoms with Gasteiger partial charge in [-0.15, -0.1) is 12.4 Å². The fourth-order valence-corrected chi connectivity index (χ4v) is 2.98. The molecule has 1 aromatic rings. The molecule has 1 N–H and O–H groups in total. The van der Waals surface area contributed by atoms with Crippen molar-refractivity contribution in [1.29, 1.82) is 0 Å². The Labute approximate surface area is 109 Å². The molecule has 1 aromatic carbocycles. The number of ether oxygens (including phenoxy) is 1. The van der Waals surface area contributed by atoms with Crippen molar-refractivity contribution in [3.63, 3.8) is 0 Å². The highest BCUT2D eigenvalue weighted by Gasteiger charge is 2.34. The van der Waals surface area contributed by atoms with Gasteiger partial charge in [0.15, 0.2) is 0 Å². The SMILES string of the molecule is CCc1cc(C)c2c(c1)C1CNCC1OC2.Cl. The Hall–Kier alpha value is -0.570. The Kier molecular flexibility index (Phi) is 3.76. The van der Waals surface area contributed by atoms with E-state index in [1.165, 1.54) is 22.3 Å². The van der Waals surface area contributed by atoms with Crippen molar-refractivity contribution < 1.29 is 4.74 Å². The molecule has 0 amide bonds. The van der Waals surface area contributed by atoms with Gasteiger partial charge in [0.2, 0.25) is 0 Å². The van der Waals surface area contributed by atoms with Crippen LogP contribution in [0.2, 0.25) is 0 Å². The standard InChI is InChI=1S/C14H19NO.ClH/c1-3-10-4-9(2)13-8-16-14-7-15-6-12(14)11(13)5-10;/h4-5,12,14-15H,3,6-8H2,1-2H3;1H. The van der Waals surface area contributed by atoms with Gasteiger partial charge in [-0.1, -0.05) is 19.1 Å². The normalized spacial score (nSPS) is 26.0. The van der Waals surface area contributed by atoms with Gasteiger partial charge in [0.1, 0.15) is 0 Å². The average Bonchev–Trinajstić information content (AvgIpc) is 2.77. The lowest BCUT2D eigenvalue weighted by Crippen LogP contribution is -2.27. The van der Waals surface area contributed by atoms with Crippen molar-refractivity contribution >= 4 is 12.4 Å². The van der Waals surface area contributed by atoms with Crippen LogP contribution >= 0.6 is 12.4 Å². The number of nitrogens with one attached hydrogen (secondary N) is 1. The quantitative estimate of drug-likeness (QED) is 0.831. The van der Waals surface area contributed by atoms with Crippen LogP contribution < -0.4 is 5.32 Å². The van der Waals surface area contributed by atoms with Gasteiger partial charge >= 0.3 is 0 Å². The number of benzene rings is 1. The summed E-state index contributed by atoms with van der Waals surface area (Å²) < 4.78 is 5.92. The van der Waals surface area contributed by atoms with Crippen LogP contribution in [0.5, 0.6) is 0 Å². The minimum atomic E-state index is 0. The minimum Gasteiger partial charge on any atom is -0.372 e. The van der Waals surface area contributed by atoms with E-state index in [-0.39, 0.29) is 12.4 Å². The number of hydrogen-bond donors (Lipinski definition) is 1. The molecule has 0 aromatic heterocycles. The van der Waals surface area contributed by atoms with Crippen LogP contribution in [0.4, 0.5) is 0 Å². The third-order valence-electron chi connectivity index (χ3n) is 3.98. The first-order valence-electron chi connectivity index (χ1n) is 6.24. The molecule has 2 nitrogen and oxygen atoms in total. The van der Waals surface area contributed by atoms with E-state index >= 15 is 0 Å². The molecule has 0 aliphatic carbocycles. The predicted octanol–water partition coefficient (Wildman–Crippen LogP) is 2.56. The predicted molar refractivity (Wildman–Crippen MR) is 72.0 cm³/mol. The Morgan fingerprint density at radius 2 is 2.18 bits per heavy atom. The summed E-state index contributed by atoms with van der Waals surface area (Å²) >= 11 is 0. The summed E-state index contributed by atoms with van der Waals surface area (Å²) in [6, 6.07) is 4.71. The van der Waals surface area contributed by atoms with E-state index < -0.39 is 0 Å². The maximum absolute atomic E-state index is 5.92. The number of fused-ring (bicyclic) bond motifs is 3. The molecular weight excluding hydrogens is 234 g/mol. The third-order valence-corrected chi connectivity index (χ3v) is 3.98. The lowest BCUT2D eigenvalue weighted by Gasteiger charge is -2.29. The summed E-state index contributed by atoms with van der Waals surface area (Å²) in [6.45, 7) is 7.33. The summed E-state index contributed by atoms with van der Waals surface area (Å²) in [5, 5.41) is 3.44. The molecule has 0 radical (unpaired) electrons. The molecule has 0 bridgehead atoms. The van der Waals surface area contributed by atoms with E-state index in [0.717, 1.165) is 26.1 Å². The molecular formula is C14H20ClNO. The number of hydrogen-bond acceptors (Lipinski definition) is 2. The van der Waals surface area contributed by atoms with Crippen molar-refractivity contribution in [3.8, 4) is 0 Å². The van der Waals surface area contributed by atoms with Gasteiger partial charge in [0, 0.05) is 19.0 Å². The number of halogens is 1. The molecule has 17 heavy (non-hydrogen) atoms. The summed E-state index contributed by atoms with van der Waals surface area (Å²) in [6.07, 6.45) is 1.53. The van der Waals surface area contributed by atoms with E-state index in [0.29, 0.717) is 12.0 Å². The molecule has 2 atom stereocenters. The molecule has 0 spiro atoms. The topological polar surface area (TPSA) is 21.3 Å². The van der Waals surface area contributed by atoms with E-state index in [4.69, 9.17) is 4.74 Å². The van der Waals surface area contributed by atoms with E-state index in [2.05, 4.69) is 31.3 Å². The Bertz CT molecular complexity index is 419. The van der Waals surface area contributed by atoms with Gasteiger partial charge in [0.25, 0.3) is 0 Å². The number of rotatable bonds is 1. The fourth-order valence-electron chi connectivity index (χ4n) is 2.98. The van der Waals surface area contributed by atoms with Gasteiger partial charge in [-0.05, 0) is 35.6 Å². The Morgan fingerprint density at radius 1 is 1.35 bits per heavy atom. The van der Waals surface area contributed by atoms with Gasteiger partial charge in [-0.3, -0.25) is 0 Å².